The van der Waals surface area contributed by atoms with Crippen molar-refractivity contribution in [3.63, 3.8) is 0 Å². The van der Waals surface area contributed by atoms with Gasteiger partial charge in [-0.2, -0.15) is 0 Å². The Kier molecular flexibility index (Phi) is 6.37. The molecule has 19 heavy (non-hydrogen) atoms. The first-order valence-electron chi connectivity index (χ1n) is 5.92. The molecule has 0 heterocycles. The Bertz CT molecular complexity index is 333. The maximum absolute atomic E-state index is 11.6. The smallest absolute Gasteiger partial charge is 0.366 e. The van der Waals surface area contributed by atoms with Gasteiger partial charge in [0.1, 0.15) is 12.6 Å². The van der Waals surface area contributed by atoms with Crippen LogP contribution >= 0.6 is 0 Å². The zero-order valence-corrected chi connectivity index (χ0v) is 11.2. The second-order valence-electron chi connectivity index (χ2n) is 5.00. The standard InChI is InChI=1S/C11H22N2O6/c1-13(2,8(12)3-5-14)11(4-6-15,10(18)19)7-9(16)17/h8,14-15H,3-7,12H2,1-2H3,(H-,16,17,18,19)/p+1. The van der Waals surface area contributed by atoms with Crippen molar-refractivity contribution >= 4 is 11.9 Å². The number of rotatable bonds is 9. The number of carboxylic acid groups (broad SMARTS) is 2. The van der Waals surface area contributed by atoms with E-state index >= 15 is 0 Å². The lowest BCUT2D eigenvalue weighted by Crippen LogP contribution is -2.71. The topological polar surface area (TPSA) is 141 Å². The van der Waals surface area contributed by atoms with Crippen LogP contribution in [-0.2, 0) is 9.59 Å². The van der Waals surface area contributed by atoms with E-state index in [9.17, 15) is 14.7 Å². The lowest BCUT2D eigenvalue weighted by molar-refractivity contribution is -0.955. The van der Waals surface area contributed by atoms with Crippen molar-refractivity contribution in [2.24, 2.45) is 5.73 Å². The van der Waals surface area contributed by atoms with Crippen LogP contribution < -0.4 is 5.73 Å². The molecule has 0 radical (unpaired) electrons. The van der Waals surface area contributed by atoms with E-state index in [1.165, 1.54) is 14.1 Å². The summed E-state index contributed by atoms with van der Waals surface area (Å²) in [6.45, 7) is -0.697. The minimum atomic E-state index is -1.74. The van der Waals surface area contributed by atoms with Gasteiger partial charge in [-0.3, -0.25) is 15.0 Å². The Morgan fingerprint density at radius 3 is 2.05 bits per heavy atom. The normalized spacial score (nSPS) is 16.7. The van der Waals surface area contributed by atoms with Gasteiger partial charge < -0.3 is 20.4 Å². The predicted molar refractivity (Wildman–Crippen MR) is 66.1 cm³/mol. The third kappa shape index (κ3) is 3.63. The van der Waals surface area contributed by atoms with Crippen LogP contribution in [-0.4, -0.2) is 75.9 Å². The molecule has 6 N–H and O–H groups in total. The molecule has 0 rings (SSSR count). The molecule has 0 aliphatic carbocycles. The van der Waals surface area contributed by atoms with Crippen molar-refractivity contribution < 1.29 is 34.5 Å². The van der Waals surface area contributed by atoms with Crippen LogP contribution in [0.3, 0.4) is 0 Å². The van der Waals surface area contributed by atoms with Gasteiger partial charge in [-0.15, -0.1) is 0 Å². The Morgan fingerprint density at radius 1 is 1.21 bits per heavy atom. The summed E-state index contributed by atoms with van der Waals surface area (Å²) in [5, 5.41) is 36.4. The van der Waals surface area contributed by atoms with Gasteiger partial charge >= 0.3 is 11.9 Å². The Labute approximate surface area is 111 Å². The minimum absolute atomic E-state index is 0.132. The number of aliphatic hydroxyl groups is 2. The molecule has 0 aromatic heterocycles. The van der Waals surface area contributed by atoms with Gasteiger partial charge in [-0.25, -0.2) is 4.79 Å². The molecule has 0 aromatic carbocycles. The van der Waals surface area contributed by atoms with Crippen LogP contribution in [0, 0.1) is 0 Å². The Balaban J connectivity index is 5.64. The number of nitrogens with two attached hydrogens (primary N) is 1. The largest absolute Gasteiger partial charge is 0.481 e. The van der Waals surface area contributed by atoms with Crippen molar-refractivity contribution in [2.45, 2.75) is 31.0 Å². The van der Waals surface area contributed by atoms with Gasteiger partial charge in [-0.1, -0.05) is 0 Å². The van der Waals surface area contributed by atoms with Crippen LogP contribution in [0.4, 0.5) is 0 Å². The molecule has 112 valence electrons. The van der Waals surface area contributed by atoms with E-state index in [-0.39, 0.29) is 23.9 Å². The molecule has 0 amide bonds. The molecule has 2 unspecified atom stereocenters. The first kappa shape index (κ1) is 17.8. The summed E-state index contributed by atoms with van der Waals surface area (Å²) in [6, 6.07) is 0. The molecule has 0 bridgehead atoms. The van der Waals surface area contributed by atoms with E-state index in [0.717, 1.165) is 0 Å². The van der Waals surface area contributed by atoms with E-state index in [2.05, 4.69) is 0 Å². The van der Waals surface area contributed by atoms with Crippen LogP contribution in [0.25, 0.3) is 0 Å². The van der Waals surface area contributed by atoms with E-state index in [4.69, 9.17) is 21.1 Å². The third-order valence-corrected chi connectivity index (χ3v) is 3.72. The van der Waals surface area contributed by atoms with Gasteiger partial charge in [0.15, 0.2) is 0 Å². The second kappa shape index (κ2) is 6.80. The monoisotopic (exact) mass is 279 g/mol. The van der Waals surface area contributed by atoms with Crippen LogP contribution in [0.2, 0.25) is 0 Å². The number of quaternary nitrogens is 1. The minimum Gasteiger partial charge on any atom is -0.481 e. The molecule has 0 saturated carbocycles. The highest BCUT2D eigenvalue weighted by Crippen LogP contribution is 2.31. The zero-order chi connectivity index (χ0) is 15.3. The quantitative estimate of drug-likeness (QED) is 0.253. The molecule has 0 spiro atoms. The summed E-state index contributed by atoms with van der Waals surface area (Å²) in [5.41, 5.74) is 4.13. The molecule has 0 aliphatic rings. The molecule has 0 fully saturated rings. The van der Waals surface area contributed by atoms with Crippen LogP contribution in [0.15, 0.2) is 0 Å². The summed E-state index contributed by atoms with van der Waals surface area (Å²) in [4.78, 5) is 22.6. The number of carboxylic acids is 2. The summed E-state index contributed by atoms with van der Waals surface area (Å²) in [7, 11) is 2.99. The molecule has 0 aliphatic heterocycles. The highest BCUT2D eigenvalue weighted by Gasteiger charge is 2.56. The fourth-order valence-electron chi connectivity index (χ4n) is 2.22. The van der Waals surface area contributed by atoms with Crippen molar-refractivity contribution in [3.8, 4) is 0 Å². The molecular weight excluding hydrogens is 256 g/mol. The fourth-order valence-corrected chi connectivity index (χ4v) is 2.22. The maximum Gasteiger partial charge on any atom is 0.366 e. The molecule has 2 atom stereocenters. The van der Waals surface area contributed by atoms with E-state index in [0.29, 0.717) is 0 Å². The van der Waals surface area contributed by atoms with Crippen molar-refractivity contribution in [1.82, 2.24) is 0 Å². The van der Waals surface area contributed by atoms with Gasteiger partial charge in [0.2, 0.25) is 5.54 Å². The average Bonchev–Trinajstić information content (AvgIpc) is 2.27. The maximum atomic E-state index is 11.6. The van der Waals surface area contributed by atoms with Gasteiger partial charge in [0.05, 0.1) is 20.7 Å². The molecular formula is C11H23N2O6+. The Hall–Kier alpha value is -1.22. The first-order valence-corrected chi connectivity index (χ1v) is 5.92. The second-order valence-corrected chi connectivity index (χ2v) is 5.00. The van der Waals surface area contributed by atoms with Crippen molar-refractivity contribution in [3.05, 3.63) is 0 Å². The van der Waals surface area contributed by atoms with Gasteiger partial charge in [-0.05, 0) is 0 Å². The SMILES string of the molecule is C[N+](C)(C(N)CCO)C(CCO)(CC(=O)O)C(=O)O. The number of hydrogen-bond acceptors (Lipinski definition) is 5. The van der Waals surface area contributed by atoms with Gasteiger partial charge in [0, 0.05) is 19.4 Å². The number of likely N-dealkylation sites (N-methyl/N-ethyl adjacent to an activating group) is 1. The van der Waals surface area contributed by atoms with Gasteiger partial charge in [0.25, 0.3) is 0 Å². The Morgan fingerprint density at radius 2 is 1.74 bits per heavy atom. The summed E-state index contributed by atoms with van der Waals surface area (Å²) in [5.74, 6) is -2.61. The summed E-state index contributed by atoms with van der Waals surface area (Å²) < 4.78 is -0.338. The summed E-state index contributed by atoms with van der Waals surface area (Å²) >= 11 is 0. The number of hydrogen-bond donors (Lipinski definition) is 5. The first-order chi connectivity index (χ1) is 8.65. The van der Waals surface area contributed by atoms with Crippen molar-refractivity contribution in [2.75, 3.05) is 27.3 Å². The molecule has 0 aromatic rings. The van der Waals surface area contributed by atoms with Crippen LogP contribution in [0.5, 0.6) is 0 Å². The summed E-state index contributed by atoms with van der Waals surface area (Å²) in [6.07, 6.45) is -1.52. The fraction of sp³-hybridized carbons (Fsp3) is 0.818. The number of aliphatic hydroxyl groups excluding tert-OH is 2. The van der Waals surface area contributed by atoms with Crippen molar-refractivity contribution in [1.29, 1.82) is 0 Å². The predicted octanol–water partition coefficient (Wildman–Crippen LogP) is -1.59. The molecule has 0 saturated heterocycles. The lowest BCUT2D eigenvalue weighted by atomic mass is 9.86. The molecule has 8 heteroatoms. The van der Waals surface area contributed by atoms with Crippen LogP contribution in [0.1, 0.15) is 19.3 Å². The third-order valence-electron chi connectivity index (χ3n) is 3.72. The number of aliphatic carboxylic acids is 2. The highest BCUT2D eigenvalue weighted by molar-refractivity contribution is 5.83. The van der Waals surface area contributed by atoms with E-state index in [1.807, 2.05) is 0 Å². The number of carbonyl (C=O) groups is 2. The highest BCUT2D eigenvalue weighted by atomic mass is 16.4. The number of nitrogens with zero attached hydrogens (tertiary/aromatic N) is 1. The molecule has 8 nitrogen and oxygen atoms in total. The van der Waals surface area contributed by atoms with E-state index in [1.54, 1.807) is 0 Å². The lowest BCUT2D eigenvalue weighted by Gasteiger charge is -2.48. The van der Waals surface area contributed by atoms with E-state index < -0.39 is 36.7 Å². The zero-order valence-electron chi connectivity index (χ0n) is 11.2. The average molecular weight is 279 g/mol.